The Labute approximate surface area is 196 Å². The SMILES string of the molecule is CCCCCOC(C)CCCC=Cc1ccc(-c2ncc(-c3ccc(O)cc3)cn2)cc1F. The Kier molecular flexibility index (Phi) is 9.58. The zero-order chi connectivity index (χ0) is 23.5. The van der Waals surface area contributed by atoms with Gasteiger partial charge in [-0.3, -0.25) is 0 Å². The van der Waals surface area contributed by atoms with Crippen LogP contribution in [-0.4, -0.2) is 27.8 Å². The summed E-state index contributed by atoms with van der Waals surface area (Å²) in [4.78, 5) is 8.77. The molecular formula is C28H33FN2O2. The molecule has 0 fully saturated rings. The van der Waals surface area contributed by atoms with Crippen LogP contribution in [0.15, 0.2) is 60.9 Å². The largest absolute Gasteiger partial charge is 0.508 e. The van der Waals surface area contributed by atoms with Gasteiger partial charge in [0.05, 0.1) is 6.10 Å². The van der Waals surface area contributed by atoms with E-state index in [9.17, 15) is 9.50 Å². The minimum atomic E-state index is -0.289. The van der Waals surface area contributed by atoms with Crippen molar-refractivity contribution in [3.63, 3.8) is 0 Å². The summed E-state index contributed by atoms with van der Waals surface area (Å²) in [6.45, 7) is 5.15. The Hall–Kier alpha value is -3.05. The van der Waals surface area contributed by atoms with E-state index in [1.54, 1.807) is 42.7 Å². The number of aromatic hydroxyl groups is 1. The number of benzene rings is 2. The first-order chi connectivity index (χ1) is 16.1. The highest BCUT2D eigenvalue weighted by Crippen LogP contribution is 2.24. The number of unbranched alkanes of at least 4 members (excludes halogenated alkanes) is 3. The highest BCUT2D eigenvalue weighted by Gasteiger charge is 2.07. The standard InChI is InChI=1S/C28H33FN2O2/c1-3-4-8-17-33-21(2)9-6-5-7-10-23-11-12-24(18-27(23)29)28-30-19-25(20-31-28)22-13-15-26(32)16-14-22/h7,10-16,18-21,32H,3-6,8-9,17H2,1-2H3. The molecule has 1 heterocycles. The van der Waals surface area contributed by atoms with E-state index < -0.39 is 0 Å². The lowest BCUT2D eigenvalue weighted by Gasteiger charge is -2.12. The fourth-order valence-electron chi connectivity index (χ4n) is 3.53. The summed E-state index contributed by atoms with van der Waals surface area (Å²) in [6.07, 6.45) is 14.0. The van der Waals surface area contributed by atoms with Crippen molar-refractivity contribution in [2.24, 2.45) is 0 Å². The highest BCUT2D eigenvalue weighted by molar-refractivity contribution is 5.65. The van der Waals surface area contributed by atoms with E-state index in [4.69, 9.17) is 4.74 Å². The highest BCUT2D eigenvalue weighted by atomic mass is 19.1. The quantitative estimate of drug-likeness (QED) is 0.293. The average Bonchev–Trinajstić information content (AvgIpc) is 2.83. The molecule has 0 aliphatic heterocycles. The molecule has 1 unspecified atom stereocenters. The van der Waals surface area contributed by atoms with Gasteiger partial charge in [0.1, 0.15) is 11.6 Å². The van der Waals surface area contributed by atoms with Gasteiger partial charge in [-0.05, 0) is 56.4 Å². The monoisotopic (exact) mass is 448 g/mol. The Morgan fingerprint density at radius 3 is 2.39 bits per heavy atom. The van der Waals surface area contributed by atoms with Crippen LogP contribution in [0.1, 0.15) is 57.9 Å². The van der Waals surface area contributed by atoms with Gasteiger partial charge in [0, 0.05) is 35.7 Å². The maximum Gasteiger partial charge on any atom is 0.159 e. The van der Waals surface area contributed by atoms with Crippen molar-refractivity contribution in [1.29, 1.82) is 0 Å². The maximum atomic E-state index is 14.6. The van der Waals surface area contributed by atoms with Crippen LogP contribution in [0.25, 0.3) is 28.6 Å². The van der Waals surface area contributed by atoms with Gasteiger partial charge in [0.25, 0.3) is 0 Å². The van der Waals surface area contributed by atoms with Gasteiger partial charge in [0.2, 0.25) is 0 Å². The molecule has 4 nitrogen and oxygen atoms in total. The van der Waals surface area contributed by atoms with Crippen LogP contribution >= 0.6 is 0 Å². The molecule has 5 heteroatoms. The van der Waals surface area contributed by atoms with Gasteiger partial charge in [0.15, 0.2) is 5.82 Å². The number of nitrogens with zero attached hydrogens (tertiary/aromatic N) is 2. The molecule has 1 aromatic heterocycles. The lowest BCUT2D eigenvalue weighted by molar-refractivity contribution is 0.0566. The van der Waals surface area contributed by atoms with Crippen LogP contribution in [0, 0.1) is 5.82 Å². The minimum absolute atomic E-state index is 0.210. The third-order valence-corrected chi connectivity index (χ3v) is 5.54. The number of aromatic nitrogens is 2. The summed E-state index contributed by atoms with van der Waals surface area (Å²) in [5.41, 5.74) is 2.93. The van der Waals surface area contributed by atoms with Gasteiger partial charge in [-0.2, -0.15) is 0 Å². The number of phenolic OH excluding ortho intramolecular Hbond substituents is 1. The number of hydrogen-bond acceptors (Lipinski definition) is 4. The fraction of sp³-hybridized carbons (Fsp3) is 0.357. The first-order valence-corrected chi connectivity index (χ1v) is 11.8. The summed E-state index contributed by atoms with van der Waals surface area (Å²) in [6, 6.07) is 11.9. The summed E-state index contributed by atoms with van der Waals surface area (Å²) >= 11 is 0. The number of hydrogen-bond donors (Lipinski definition) is 1. The first kappa shape index (κ1) is 24.6. The van der Waals surface area contributed by atoms with E-state index in [0.29, 0.717) is 17.0 Å². The van der Waals surface area contributed by atoms with E-state index in [2.05, 4.69) is 23.8 Å². The summed E-state index contributed by atoms with van der Waals surface area (Å²) < 4.78 is 20.4. The van der Waals surface area contributed by atoms with Crippen LogP contribution in [0.5, 0.6) is 5.75 Å². The molecule has 0 spiro atoms. The molecule has 1 N–H and O–H groups in total. The van der Waals surface area contributed by atoms with Crippen molar-refractivity contribution in [1.82, 2.24) is 9.97 Å². The van der Waals surface area contributed by atoms with Crippen molar-refractivity contribution in [2.75, 3.05) is 6.61 Å². The van der Waals surface area contributed by atoms with Crippen LogP contribution in [-0.2, 0) is 4.74 Å². The molecule has 174 valence electrons. The second-order valence-electron chi connectivity index (χ2n) is 8.30. The molecule has 2 aromatic carbocycles. The second-order valence-corrected chi connectivity index (χ2v) is 8.30. The zero-order valence-corrected chi connectivity index (χ0v) is 19.5. The van der Waals surface area contributed by atoms with Crippen molar-refractivity contribution in [2.45, 2.75) is 58.5 Å². The normalized spacial score (nSPS) is 12.3. The molecule has 0 radical (unpaired) electrons. The number of allylic oxidation sites excluding steroid dienone is 1. The van der Waals surface area contributed by atoms with Crippen molar-refractivity contribution < 1.29 is 14.2 Å². The van der Waals surface area contributed by atoms with Crippen molar-refractivity contribution in [3.8, 4) is 28.3 Å². The van der Waals surface area contributed by atoms with E-state index in [1.807, 2.05) is 18.2 Å². The van der Waals surface area contributed by atoms with Gasteiger partial charge < -0.3 is 9.84 Å². The fourth-order valence-corrected chi connectivity index (χ4v) is 3.53. The molecule has 33 heavy (non-hydrogen) atoms. The van der Waals surface area contributed by atoms with Crippen LogP contribution in [0.3, 0.4) is 0 Å². The number of phenols is 1. The lowest BCUT2D eigenvalue weighted by atomic mass is 10.1. The number of halogens is 1. The molecule has 0 saturated carbocycles. The van der Waals surface area contributed by atoms with Crippen LogP contribution < -0.4 is 0 Å². The molecule has 0 amide bonds. The Morgan fingerprint density at radius 1 is 0.970 bits per heavy atom. The van der Waals surface area contributed by atoms with Crippen LogP contribution in [0.4, 0.5) is 4.39 Å². The molecule has 0 saturated heterocycles. The van der Waals surface area contributed by atoms with Crippen molar-refractivity contribution in [3.05, 3.63) is 72.3 Å². The van der Waals surface area contributed by atoms with E-state index >= 15 is 0 Å². The van der Waals surface area contributed by atoms with E-state index in [1.165, 1.54) is 18.9 Å². The molecule has 3 aromatic rings. The van der Waals surface area contributed by atoms with Gasteiger partial charge in [-0.25, -0.2) is 14.4 Å². The predicted octanol–water partition coefficient (Wildman–Crippen LogP) is 7.43. The summed E-state index contributed by atoms with van der Waals surface area (Å²) in [7, 11) is 0. The Balaban J connectivity index is 1.51. The van der Waals surface area contributed by atoms with Gasteiger partial charge >= 0.3 is 0 Å². The van der Waals surface area contributed by atoms with E-state index in [0.717, 1.165) is 43.4 Å². The second kappa shape index (κ2) is 12.9. The zero-order valence-electron chi connectivity index (χ0n) is 19.5. The lowest BCUT2D eigenvalue weighted by Crippen LogP contribution is -2.08. The molecule has 0 aliphatic rings. The van der Waals surface area contributed by atoms with Crippen molar-refractivity contribution >= 4 is 6.08 Å². The topological polar surface area (TPSA) is 55.2 Å². The molecule has 0 bridgehead atoms. The van der Waals surface area contributed by atoms with Crippen LogP contribution in [0.2, 0.25) is 0 Å². The third kappa shape index (κ3) is 7.79. The molecule has 0 aliphatic carbocycles. The molecule has 3 rings (SSSR count). The van der Waals surface area contributed by atoms with Gasteiger partial charge in [-0.1, -0.05) is 56.2 Å². The van der Waals surface area contributed by atoms with E-state index in [-0.39, 0.29) is 17.7 Å². The smallest absolute Gasteiger partial charge is 0.159 e. The Morgan fingerprint density at radius 2 is 1.70 bits per heavy atom. The predicted molar refractivity (Wildman–Crippen MR) is 132 cm³/mol. The summed E-state index contributed by atoms with van der Waals surface area (Å²) in [5.74, 6) is 0.393. The third-order valence-electron chi connectivity index (χ3n) is 5.54. The maximum absolute atomic E-state index is 14.6. The summed E-state index contributed by atoms with van der Waals surface area (Å²) in [5, 5.41) is 9.41. The molecule has 1 atom stereocenters. The first-order valence-electron chi connectivity index (χ1n) is 11.8. The minimum Gasteiger partial charge on any atom is -0.508 e. The number of rotatable bonds is 12. The number of ether oxygens (including phenoxy) is 1. The molecular weight excluding hydrogens is 415 g/mol. The Bertz CT molecular complexity index is 1020. The average molecular weight is 449 g/mol. The van der Waals surface area contributed by atoms with Gasteiger partial charge in [-0.15, -0.1) is 0 Å².